The third-order valence-corrected chi connectivity index (χ3v) is 4.75. The molecular formula is C18H19ClN6OS. The van der Waals surface area contributed by atoms with Gasteiger partial charge in [-0.1, -0.05) is 11.6 Å². The zero-order chi connectivity index (χ0) is 19.2. The topological polar surface area (TPSA) is 91.8 Å². The standard InChI is InChI=1S/C18H19ClN6OS/c1-11-5-6-20-15(9-11)25-17-10-16(23-12(2)24-17)21-7-8-22-18(26)13-3-4-14(19)27-13/h3-6,9-10H,7-8H2,1-2H3,(H,22,26)(H2,20,21,23,24,25). The number of nitrogens with one attached hydrogen (secondary N) is 3. The number of carbonyl (C=O) groups excluding carboxylic acids is 1. The van der Waals surface area contributed by atoms with E-state index in [9.17, 15) is 4.79 Å². The van der Waals surface area contributed by atoms with Crippen LogP contribution in [-0.4, -0.2) is 33.9 Å². The second kappa shape index (κ2) is 8.79. The van der Waals surface area contributed by atoms with Gasteiger partial charge in [-0.05, 0) is 43.7 Å². The predicted molar refractivity (Wildman–Crippen MR) is 109 cm³/mol. The lowest BCUT2D eigenvalue weighted by Crippen LogP contribution is -2.28. The zero-order valence-corrected chi connectivity index (χ0v) is 16.5. The summed E-state index contributed by atoms with van der Waals surface area (Å²) in [5, 5.41) is 9.20. The molecule has 27 heavy (non-hydrogen) atoms. The fourth-order valence-corrected chi connectivity index (χ4v) is 3.31. The van der Waals surface area contributed by atoms with Crippen molar-refractivity contribution < 1.29 is 4.79 Å². The molecule has 0 aliphatic rings. The number of rotatable bonds is 7. The highest BCUT2D eigenvalue weighted by Crippen LogP contribution is 2.21. The molecule has 0 bridgehead atoms. The molecule has 3 rings (SSSR count). The summed E-state index contributed by atoms with van der Waals surface area (Å²) >= 11 is 7.10. The Morgan fingerprint density at radius 2 is 1.89 bits per heavy atom. The van der Waals surface area contributed by atoms with Crippen molar-refractivity contribution >= 4 is 46.3 Å². The van der Waals surface area contributed by atoms with Gasteiger partial charge in [0.2, 0.25) is 0 Å². The number of carbonyl (C=O) groups is 1. The van der Waals surface area contributed by atoms with Crippen LogP contribution in [0.5, 0.6) is 0 Å². The van der Waals surface area contributed by atoms with E-state index >= 15 is 0 Å². The molecule has 9 heteroatoms. The van der Waals surface area contributed by atoms with E-state index in [1.165, 1.54) is 11.3 Å². The van der Waals surface area contributed by atoms with Crippen molar-refractivity contribution in [3.8, 4) is 0 Å². The molecule has 1 amide bonds. The van der Waals surface area contributed by atoms with Gasteiger partial charge in [-0.3, -0.25) is 4.79 Å². The van der Waals surface area contributed by atoms with E-state index in [4.69, 9.17) is 11.6 Å². The molecule has 3 aromatic rings. The summed E-state index contributed by atoms with van der Waals surface area (Å²) in [4.78, 5) is 25.6. The first-order valence-electron chi connectivity index (χ1n) is 8.32. The number of halogens is 1. The summed E-state index contributed by atoms with van der Waals surface area (Å²) in [5.41, 5.74) is 1.11. The quantitative estimate of drug-likeness (QED) is 0.521. The third-order valence-electron chi connectivity index (χ3n) is 3.52. The molecule has 0 radical (unpaired) electrons. The molecule has 0 saturated heterocycles. The van der Waals surface area contributed by atoms with Crippen LogP contribution in [0.4, 0.5) is 17.5 Å². The number of nitrogens with zero attached hydrogens (tertiary/aromatic N) is 3. The first kappa shape index (κ1) is 19.1. The van der Waals surface area contributed by atoms with Gasteiger partial charge in [0.15, 0.2) is 0 Å². The Labute approximate surface area is 166 Å². The van der Waals surface area contributed by atoms with Crippen molar-refractivity contribution in [1.29, 1.82) is 0 Å². The van der Waals surface area contributed by atoms with Crippen LogP contribution >= 0.6 is 22.9 Å². The van der Waals surface area contributed by atoms with Crippen LogP contribution < -0.4 is 16.0 Å². The number of aromatic nitrogens is 3. The number of anilines is 3. The Kier molecular flexibility index (Phi) is 6.20. The lowest BCUT2D eigenvalue weighted by Gasteiger charge is -2.10. The van der Waals surface area contributed by atoms with Crippen LogP contribution in [0.25, 0.3) is 0 Å². The molecule has 0 unspecified atom stereocenters. The number of pyridine rings is 1. The van der Waals surface area contributed by atoms with Gasteiger partial charge in [0.1, 0.15) is 23.3 Å². The lowest BCUT2D eigenvalue weighted by atomic mass is 10.3. The number of thiophene rings is 1. The molecule has 0 saturated carbocycles. The summed E-state index contributed by atoms with van der Waals surface area (Å²) < 4.78 is 0.595. The van der Waals surface area contributed by atoms with Gasteiger partial charge in [0.25, 0.3) is 5.91 Å². The smallest absolute Gasteiger partial charge is 0.261 e. The van der Waals surface area contributed by atoms with Gasteiger partial charge in [0.05, 0.1) is 9.21 Å². The normalized spacial score (nSPS) is 10.5. The number of hydrogen-bond donors (Lipinski definition) is 3. The van der Waals surface area contributed by atoms with E-state index in [2.05, 4.69) is 30.9 Å². The van der Waals surface area contributed by atoms with E-state index in [0.717, 1.165) is 11.4 Å². The molecule has 0 aromatic carbocycles. The van der Waals surface area contributed by atoms with Crippen LogP contribution in [0.1, 0.15) is 21.1 Å². The van der Waals surface area contributed by atoms with Gasteiger partial charge in [-0.15, -0.1) is 11.3 Å². The molecular weight excluding hydrogens is 384 g/mol. The van der Waals surface area contributed by atoms with Crippen molar-refractivity contribution in [3.63, 3.8) is 0 Å². The second-order valence-electron chi connectivity index (χ2n) is 5.82. The minimum atomic E-state index is -0.138. The maximum absolute atomic E-state index is 12.0. The molecule has 0 fully saturated rings. The second-order valence-corrected chi connectivity index (χ2v) is 7.53. The van der Waals surface area contributed by atoms with Crippen molar-refractivity contribution in [2.24, 2.45) is 0 Å². The van der Waals surface area contributed by atoms with Gasteiger partial charge >= 0.3 is 0 Å². The van der Waals surface area contributed by atoms with Crippen molar-refractivity contribution in [3.05, 3.63) is 57.1 Å². The SMILES string of the molecule is Cc1ccnc(Nc2cc(NCCNC(=O)c3ccc(Cl)s3)nc(C)n2)c1. The first-order valence-corrected chi connectivity index (χ1v) is 9.52. The number of aryl methyl sites for hydroxylation is 2. The highest BCUT2D eigenvalue weighted by Gasteiger charge is 2.08. The average Bonchev–Trinajstić information content (AvgIpc) is 3.05. The molecule has 0 aliphatic heterocycles. The van der Waals surface area contributed by atoms with Crippen LogP contribution in [0, 0.1) is 13.8 Å². The minimum Gasteiger partial charge on any atom is -0.368 e. The van der Waals surface area contributed by atoms with Crippen LogP contribution in [0.3, 0.4) is 0 Å². The van der Waals surface area contributed by atoms with Crippen molar-refractivity contribution in [2.45, 2.75) is 13.8 Å². The van der Waals surface area contributed by atoms with Crippen LogP contribution in [0.2, 0.25) is 4.34 Å². The molecule has 0 atom stereocenters. The first-order chi connectivity index (χ1) is 13.0. The number of hydrogen-bond acceptors (Lipinski definition) is 7. The molecule has 7 nitrogen and oxygen atoms in total. The van der Waals surface area contributed by atoms with Crippen LogP contribution in [0.15, 0.2) is 36.5 Å². The number of amides is 1. The molecule has 0 aliphatic carbocycles. The highest BCUT2D eigenvalue weighted by molar-refractivity contribution is 7.17. The Morgan fingerprint density at radius 1 is 1.07 bits per heavy atom. The average molecular weight is 403 g/mol. The van der Waals surface area contributed by atoms with Gasteiger partial charge in [-0.2, -0.15) is 0 Å². The van der Waals surface area contributed by atoms with Gasteiger partial charge in [-0.25, -0.2) is 15.0 Å². The molecule has 3 N–H and O–H groups in total. The Hall–Kier alpha value is -2.71. The lowest BCUT2D eigenvalue weighted by molar-refractivity contribution is 0.0959. The van der Waals surface area contributed by atoms with E-state index in [-0.39, 0.29) is 5.91 Å². The summed E-state index contributed by atoms with van der Waals surface area (Å²) in [6.45, 7) is 4.81. The van der Waals surface area contributed by atoms with Crippen molar-refractivity contribution in [2.75, 3.05) is 23.7 Å². The Balaban J connectivity index is 1.54. The maximum atomic E-state index is 12.0. The Morgan fingerprint density at radius 3 is 2.63 bits per heavy atom. The fourth-order valence-electron chi connectivity index (χ4n) is 2.35. The highest BCUT2D eigenvalue weighted by atomic mass is 35.5. The van der Waals surface area contributed by atoms with Crippen molar-refractivity contribution in [1.82, 2.24) is 20.3 Å². The zero-order valence-electron chi connectivity index (χ0n) is 14.9. The monoisotopic (exact) mass is 402 g/mol. The van der Waals surface area contributed by atoms with Crippen LogP contribution in [-0.2, 0) is 0 Å². The van der Waals surface area contributed by atoms with Gasteiger partial charge < -0.3 is 16.0 Å². The van der Waals surface area contributed by atoms with E-state index < -0.39 is 0 Å². The molecule has 3 aromatic heterocycles. The summed E-state index contributed by atoms with van der Waals surface area (Å²) in [7, 11) is 0. The fraction of sp³-hybridized carbons (Fsp3) is 0.222. The molecule has 140 valence electrons. The van der Waals surface area contributed by atoms with E-state index in [0.29, 0.717) is 39.8 Å². The minimum absolute atomic E-state index is 0.138. The summed E-state index contributed by atoms with van der Waals surface area (Å²) in [6, 6.07) is 9.10. The van der Waals surface area contributed by atoms with Gasteiger partial charge in [0, 0.05) is 25.4 Å². The predicted octanol–water partition coefficient (Wildman–Crippen LogP) is 3.79. The summed E-state index contributed by atoms with van der Waals surface area (Å²) in [5.74, 6) is 2.54. The van der Waals surface area contributed by atoms with E-state index in [1.54, 1.807) is 24.4 Å². The maximum Gasteiger partial charge on any atom is 0.261 e. The molecule has 0 spiro atoms. The molecule has 3 heterocycles. The van der Waals surface area contributed by atoms with E-state index in [1.807, 2.05) is 26.0 Å². The Bertz CT molecular complexity index is 945. The third kappa shape index (κ3) is 5.63. The largest absolute Gasteiger partial charge is 0.368 e. The summed E-state index contributed by atoms with van der Waals surface area (Å²) in [6.07, 6.45) is 1.74.